The van der Waals surface area contributed by atoms with Crippen LogP contribution in [0.4, 0.5) is 0 Å². The Balaban J connectivity index is 4.08. The van der Waals surface area contributed by atoms with Crippen molar-refractivity contribution in [2.75, 3.05) is 33.0 Å². The maximum Gasteiger partial charge on any atom is 0.472 e. The number of esters is 1. The molecule has 0 saturated heterocycles. The fraction of sp³-hybridized carbons (Fsp3) is 0.977. The second-order valence-electron chi connectivity index (χ2n) is 15.8. The second-order valence-corrected chi connectivity index (χ2v) is 17.2. The molecule has 0 aromatic carbocycles. The Morgan fingerprint density at radius 1 is 0.500 bits per heavy atom. The van der Waals surface area contributed by atoms with Crippen LogP contribution in [-0.2, 0) is 27.9 Å². The summed E-state index contributed by atoms with van der Waals surface area (Å²) in [6.45, 7) is 3.59. The van der Waals surface area contributed by atoms with Crippen LogP contribution in [0.1, 0.15) is 232 Å². The van der Waals surface area contributed by atoms with Gasteiger partial charge in [-0.25, -0.2) is 4.57 Å². The van der Waals surface area contributed by atoms with Crippen LogP contribution in [0.2, 0.25) is 0 Å². The average molecular weight is 793 g/mol. The highest BCUT2D eigenvalue weighted by molar-refractivity contribution is 7.47. The van der Waals surface area contributed by atoms with Crippen molar-refractivity contribution in [3.05, 3.63) is 0 Å². The molecule has 0 amide bonds. The molecule has 0 spiro atoms. The molecule has 0 bridgehead atoms. The van der Waals surface area contributed by atoms with E-state index in [1.54, 1.807) is 0 Å². The van der Waals surface area contributed by atoms with Crippen LogP contribution in [0.3, 0.4) is 0 Å². The molecule has 0 rings (SSSR count). The molecule has 0 radical (unpaired) electrons. The Hall–Kier alpha value is -0.540. The number of hydrogen-bond acceptors (Lipinski definition) is 8. The number of carbonyl (C=O) groups excluding carboxylic acids is 1. The van der Waals surface area contributed by atoms with Crippen molar-refractivity contribution in [1.82, 2.24) is 0 Å². The summed E-state index contributed by atoms with van der Waals surface area (Å²) in [7, 11) is -4.51. The predicted octanol–water partition coefficient (Wildman–Crippen LogP) is 12.7. The zero-order valence-electron chi connectivity index (χ0n) is 35.5. The van der Waals surface area contributed by atoms with Gasteiger partial charge in [-0.1, -0.05) is 213 Å². The Morgan fingerprint density at radius 3 is 1.20 bits per heavy atom. The van der Waals surface area contributed by atoms with Gasteiger partial charge >= 0.3 is 13.8 Å². The summed E-state index contributed by atoms with van der Waals surface area (Å²) in [5, 5.41) is 18.4. The lowest BCUT2D eigenvalue weighted by Crippen LogP contribution is -2.29. The Kier molecular flexibility index (Phi) is 41.7. The van der Waals surface area contributed by atoms with E-state index in [1.807, 2.05) is 0 Å². The number of rotatable bonds is 45. The van der Waals surface area contributed by atoms with Crippen LogP contribution >= 0.6 is 7.82 Å². The topological polar surface area (TPSA) is 132 Å². The Morgan fingerprint density at radius 2 is 0.833 bits per heavy atom. The largest absolute Gasteiger partial charge is 0.472 e. The summed E-state index contributed by atoms with van der Waals surface area (Å²) in [4.78, 5) is 22.6. The van der Waals surface area contributed by atoms with Crippen molar-refractivity contribution in [3.63, 3.8) is 0 Å². The van der Waals surface area contributed by atoms with Crippen molar-refractivity contribution in [3.8, 4) is 0 Å². The van der Waals surface area contributed by atoms with E-state index >= 15 is 0 Å². The normalized spacial score (nSPS) is 13.9. The van der Waals surface area contributed by atoms with Gasteiger partial charge in [-0.05, 0) is 12.8 Å². The molecule has 54 heavy (non-hydrogen) atoms. The average Bonchev–Trinajstić information content (AvgIpc) is 3.16. The molecule has 324 valence electrons. The molecule has 3 N–H and O–H groups in total. The summed E-state index contributed by atoms with van der Waals surface area (Å²) in [5.41, 5.74) is 0. The van der Waals surface area contributed by atoms with E-state index in [2.05, 4.69) is 13.8 Å². The van der Waals surface area contributed by atoms with Gasteiger partial charge in [0, 0.05) is 13.0 Å². The van der Waals surface area contributed by atoms with Gasteiger partial charge in [-0.2, -0.15) is 0 Å². The number of ether oxygens (including phenoxy) is 2. The van der Waals surface area contributed by atoms with Crippen LogP contribution in [0.15, 0.2) is 0 Å². The standard InChI is InChI=1S/C44H89O9P/c1-3-5-7-9-11-13-15-17-19-21-22-24-26-28-30-32-34-36-44(47)53-43(41-52-54(48,49)51-39-42(46)38-45)40-50-37-35-33-31-29-27-25-23-20-18-16-14-12-10-8-6-4-2/h42-43,45-46H,3-41H2,1-2H3,(H,48,49). The van der Waals surface area contributed by atoms with Crippen molar-refractivity contribution >= 4 is 13.8 Å². The van der Waals surface area contributed by atoms with Gasteiger partial charge in [0.2, 0.25) is 0 Å². The van der Waals surface area contributed by atoms with Gasteiger partial charge in [0.1, 0.15) is 12.2 Å². The van der Waals surface area contributed by atoms with Gasteiger partial charge in [-0.15, -0.1) is 0 Å². The zero-order chi connectivity index (χ0) is 39.6. The van der Waals surface area contributed by atoms with Crippen molar-refractivity contribution in [1.29, 1.82) is 0 Å². The molecule has 0 aliphatic rings. The molecule has 0 saturated carbocycles. The van der Waals surface area contributed by atoms with Crippen LogP contribution in [0, 0.1) is 0 Å². The summed E-state index contributed by atoms with van der Waals surface area (Å²) in [6.07, 6.45) is 40.6. The van der Waals surface area contributed by atoms with Gasteiger partial charge < -0.3 is 24.6 Å². The Bertz CT molecular complexity index is 815. The summed E-state index contributed by atoms with van der Waals surface area (Å²) in [6, 6.07) is 0. The number of phosphoric acid groups is 1. The maximum atomic E-state index is 12.6. The molecule has 0 fully saturated rings. The highest BCUT2D eigenvalue weighted by Crippen LogP contribution is 2.43. The first kappa shape index (κ1) is 53.5. The molecule has 3 unspecified atom stereocenters. The third kappa shape index (κ3) is 41.1. The molecule has 3 atom stereocenters. The first-order chi connectivity index (χ1) is 26.3. The van der Waals surface area contributed by atoms with Gasteiger partial charge in [0.05, 0.1) is 26.4 Å². The van der Waals surface area contributed by atoms with E-state index in [4.69, 9.17) is 23.6 Å². The summed E-state index contributed by atoms with van der Waals surface area (Å²) >= 11 is 0. The zero-order valence-corrected chi connectivity index (χ0v) is 36.4. The molecule has 0 aromatic rings. The minimum Gasteiger partial charge on any atom is -0.457 e. The lowest BCUT2D eigenvalue weighted by molar-refractivity contribution is -0.154. The SMILES string of the molecule is CCCCCCCCCCCCCCCCCCCC(=O)OC(COCCCCCCCCCCCCCCCCCC)COP(=O)(O)OCC(O)CO. The molecule has 0 aliphatic heterocycles. The fourth-order valence-electron chi connectivity index (χ4n) is 6.77. The number of unbranched alkanes of at least 4 members (excludes halogenated alkanes) is 31. The van der Waals surface area contributed by atoms with E-state index in [0.717, 1.165) is 32.1 Å². The van der Waals surface area contributed by atoms with E-state index < -0.39 is 33.2 Å². The van der Waals surface area contributed by atoms with E-state index in [0.29, 0.717) is 6.61 Å². The molecule has 0 aromatic heterocycles. The molecule has 0 aliphatic carbocycles. The van der Waals surface area contributed by atoms with E-state index in [-0.39, 0.29) is 25.6 Å². The third-order valence-corrected chi connectivity index (χ3v) is 11.2. The molecule has 10 heteroatoms. The highest BCUT2D eigenvalue weighted by Gasteiger charge is 2.26. The monoisotopic (exact) mass is 793 g/mol. The highest BCUT2D eigenvalue weighted by atomic mass is 31.2. The van der Waals surface area contributed by atoms with Crippen LogP contribution in [0.5, 0.6) is 0 Å². The number of carbonyl (C=O) groups is 1. The second kappa shape index (κ2) is 42.1. The number of aliphatic hydroxyl groups is 2. The van der Waals surface area contributed by atoms with Crippen LogP contribution < -0.4 is 0 Å². The third-order valence-electron chi connectivity index (χ3n) is 10.3. The molecule has 9 nitrogen and oxygen atoms in total. The molecule has 0 heterocycles. The number of aliphatic hydroxyl groups excluding tert-OH is 2. The van der Waals surface area contributed by atoms with Crippen LogP contribution in [0.25, 0.3) is 0 Å². The van der Waals surface area contributed by atoms with Crippen molar-refractivity contribution < 1.29 is 43.0 Å². The first-order valence-corrected chi connectivity index (χ1v) is 24.5. The molecular weight excluding hydrogens is 703 g/mol. The maximum absolute atomic E-state index is 12.6. The smallest absolute Gasteiger partial charge is 0.457 e. The lowest BCUT2D eigenvalue weighted by Gasteiger charge is -2.20. The van der Waals surface area contributed by atoms with Crippen LogP contribution in [-0.4, -0.2) is 66.3 Å². The predicted molar refractivity (Wildman–Crippen MR) is 224 cm³/mol. The minimum atomic E-state index is -4.51. The van der Waals surface area contributed by atoms with E-state index in [1.165, 1.54) is 180 Å². The van der Waals surface area contributed by atoms with Gasteiger partial charge in [-0.3, -0.25) is 13.8 Å². The first-order valence-electron chi connectivity index (χ1n) is 23.0. The van der Waals surface area contributed by atoms with Crippen molar-refractivity contribution in [2.24, 2.45) is 0 Å². The van der Waals surface area contributed by atoms with E-state index in [9.17, 15) is 19.4 Å². The van der Waals surface area contributed by atoms with Crippen molar-refractivity contribution in [2.45, 2.75) is 244 Å². The molecular formula is C44H89O9P. The van der Waals surface area contributed by atoms with Gasteiger partial charge in [0.15, 0.2) is 0 Å². The summed E-state index contributed by atoms with van der Waals surface area (Å²) < 4.78 is 33.4. The fourth-order valence-corrected chi connectivity index (χ4v) is 7.56. The quantitative estimate of drug-likeness (QED) is 0.0313. The summed E-state index contributed by atoms with van der Waals surface area (Å²) in [5.74, 6) is -0.375. The number of phosphoric ester groups is 1. The number of hydrogen-bond donors (Lipinski definition) is 3. The minimum absolute atomic E-state index is 0.0583. The van der Waals surface area contributed by atoms with Gasteiger partial charge in [0.25, 0.3) is 0 Å². The lowest BCUT2D eigenvalue weighted by atomic mass is 10.0. The Labute approximate surface area is 333 Å².